The molecular weight excluding hydrogens is 304 g/mol. The number of aryl methyl sites for hydroxylation is 1. The van der Waals surface area contributed by atoms with Crippen LogP contribution in [-0.4, -0.2) is 44.3 Å². The summed E-state index contributed by atoms with van der Waals surface area (Å²) in [6.45, 7) is 4.20. The van der Waals surface area contributed by atoms with E-state index in [-0.39, 0.29) is 0 Å². The first-order valence-corrected chi connectivity index (χ1v) is 8.86. The van der Waals surface area contributed by atoms with Gasteiger partial charge in [0.15, 0.2) is 5.82 Å². The van der Waals surface area contributed by atoms with Gasteiger partial charge in [-0.15, -0.1) is 10.2 Å². The summed E-state index contributed by atoms with van der Waals surface area (Å²) in [6.07, 6.45) is 4.54. The normalized spacial score (nSPS) is 23.5. The zero-order valence-electron chi connectivity index (χ0n) is 14.5. The first kappa shape index (κ1) is 15.8. The largest absolute Gasteiger partial charge is 0.383 e. The van der Waals surface area contributed by atoms with Crippen LogP contribution in [0.15, 0.2) is 6.07 Å². The average molecular weight is 330 g/mol. The Morgan fingerprint density at radius 1 is 1.25 bits per heavy atom. The van der Waals surface area contributed by atoms with Crippen LogP contribution >= 0.6 is 0 Å². The zero-order valence-corrected chi connectivity index (χ0v) is 14.5. The molecule has 2 fully saturated rings. The second kappa shape index (κ2) is 6.29. The van der Waals surface area contributed by atoms with Crippen LogP contribution in [-0.2, 0) is 17.8 Å². The van der Waals surface area contributed by atoms with Gasteiger partial charge in [-0.3, -0.25) is 4.68 Å². The molecular formula is C17H26N6O. The molecule has 2 aromatic rings. The molecule has 2 heterocycles. The number of ether oxygens (including phenoxy) is 1. The molecule has 7 nitrogen and oxygen atoms in total. The topological polar surface area (TPSA) is 83.8 Å². The summed E-state index contributed by atoms with van der Waals surface area (Å²) < 4.78 is 9.53. The highest BCUT2D eigenvalue weighted by atomic mass is 16.5. The van der Waals surface area contributed by atoms with Gasteiger partial charge in [-0.25, -0.2) is 0 Å². The summed E-state index contributed by atoms with van der Waals surface area (Å²) in [4.78, 5) is 0. The standard InChI is InChI=1S/C17H26N6O/c1-11-7-15(12-3-4-12)21-23(11)10-16-19-20-17(13-8-14(18)9-13)22(16)5-6-24-2/h7,12-14H,3-6,8-10,18H2,1-2H3. The minimum Gasteiger partial charge on any atom is -0.383 e. The summed E-state index contributed by atoms with van der Waals surface area (Å²) in [5, 5.41) is 13.7. The molecule has 0 unspecified atom stereocenters. The Morgan fingerprint density at radius 2 is 2.04 bits per heavy atom. The van der Waals surface area contributed by atoms with Gasteiger partial charge >= 0.3 is 0 Å². The molecule has 7 heteroatoms. The van der Waals surface area contributed by atoms with Crippen molar-refractivity contribution >= 4 is 0 Å². The highest BCUT2D eigenvalue weighted by Gasteiger charge is 2.32. The fraction of sp³-hybridized carbons (Fsp3) is 0.706. The molecule has 0 saturated heterocycles. The molecule has 4 rings (SSSR count). The molecule has 0 spiro atoms. The Kier molecular flexibility index (Phi) is 4.14. The summed E-state index contributed by atoms with van der Waals surface area (Å²) >= 11 is 0. The maximum absolute atomic E-state index is 5.95. The molecule has 24 heavy (non-hydrogen) atoms. The fourth-order valence-electron chi connectivity index (χ4n) is 3.48. The highest BCUT2D eigenvalue weighted by molar-refractivity contribution is 5.18. The number of methoxy groups -OCH3 is 1. The van der Waals surface area contributed by atoms with Crippen molar-refractivity contribution in [2.75, 3.05) is 13.7 Å². The van der Waals surface area contributed by atoms with Crippen LogP contribution in [0.4, 0.5) is 0 Å². The van der Waals surface area contributed by atoms with Crippen LogP contribution in [0, 0.1) is 6.92 Å². The van der Waals surface area contributed by atoms with Crippen molar-refractivity contribution in [1.82, 2.24) is 24.5 Å². The molecule has 2 aliphatic carbocycles. The SMILES string of the molecule is COCCn1c(Cn2nc(C3CC3)cc2C)nnc1C1CC(N)C1. The molecule has 0 radical (unpaired) electrons. The third-order valence-corrected chi connectivity index (χ3v) is 5.20. The summed E-state index contributed by atoms with van der Waals surface area (Å²) in [6, 6.07) is 2.51. The molecule has 0 aromatic carbocycles. The molecule has 0 atom stereocenters. The van der Waals surface area contributed by atoms with Gasteiger partial charge in [0.2, 0.25) is 0 Å². The van der Waals surface area contributed by atoms with Crippen LogP contribution < -0.4 is 5.73 Å². The highest BCUT2D eigenvalue weighted by Crippen LogP contribution is 2.39. The molecule has 2 N–H and O–H groups in total. The first-order chi connectivity index (χ1) is 11.7. The minimum absolute atomic E-state index is 0.306. The van der Waals surface area contributed by atoms with E-state index in [1.807, 2.05) is 0 Å². The van der Waals surface area contributed by atoms with Gasteiger partial charge in [0.1, 0.15) is 12.4 Å². The molecule has 130 valence electrons. The minimum atomic E-state index is 0.306. The van der Waals surface area contributed by atoms with Crippen LogP contribution in [0.2, 0.25) is 0 Å². The summed E-state index contributed by atoms with van der Waals surface area (Å²) in [5.74, 6) is 3.11. The van der Waals surface area contributed by atoms with Crippen LogP contribution in [0.3, 0.4) is 0 Å². The molecule has 2 saturated carbocycles. The number of nitrogens with two attached hydrogens (primary N) is 1. The second-order valence-electron chi connectivity index (χ2n) is 7.19. The predicted molar refractivity (Wildman–Crippen MR) is 89.9 cm³/mol. The third kappa shape index (κ3) is 2.98. The van der Waals surface area contributed by atoms with E-state index >= 15 is 0 Å². The smallest absolute Gasteiger partial charge is 0.154 e. The molecule has 2 aliphatic rings. The maximum atomic E-state index is 5.95. The zero-order chi connectivity index (χ0) is 16.7. The molecule has 2 aromatic heterocycles. The Balaban J connectivity index is 1.57. The lowest BCUT2D eigenvalue weighted by molar-refractivity contribution is 0.183. The summed E-state index contributed by atoms with van der Waals surface area (Å²) in [5.41, 5.74) is 8.36. The number of hydrogen-bond donors (Lipinski definition) is 1. The van der Waals surface area contributed by atoms with Crippen molar-refractivity contribution in [2.45, 2.75) is 63.6 Å². The van der Waals surface area contributed by atoms with E-state index in [2.05, 4.69) is 32.4 Å². The second-order valence-corrected chi connectivity index (χ2v) is 7.19. The fourth-order valence-corrected chi connectivity index (χ4v) is 3.48. The molecule has 0 amide bonds. The Bertz CT molecular complexity index is 711. The lowest BCUT2D eigenvalue weighted by atomic mass is 9.80. The van der Waals surface area contributed by atoms with Gasteiger partial charge in [-0.1, -0.05) is 0 Å². The van der Waals surface area contributed by atoms with Crippen molar-refractivity contribution < 1.29 is 4.74 Å². The third-order valence-electron chi connectivity index (χ3n) is 5.20. The van der Waals surface area contributed by atoms with E-state index in [1.54, 1.807) is 7.11 Å². The number of nitrogens with zero attached hydrogens (tertiary/aromatic N) is 5. The van der Waals surface area contributed by atoms with E-state index in [9.17, 15) is 0 Å². The van der Waals surface area contributed by atoms with E-state index < -0.39 is 0 Å². The van der Waals surface area contributed by atoms with Gasteiger partial charge in [0.25, 0.3) is 0 Å². The Morgan fingerprint density at radius 3 is 2.71 bits per heavy atom. The number of hydrogen-bond acceptors (Lipinski definition) is 5. The average Bonchev–Trinajstić information content (AvgIpc) is 3.22. The van der Waals surface area contributed by atoms with Crippen molar-refractivity contribution in [3.8, 4) is 0 Å². The molecule has 0 bridgehead atoms. The van der Waals surface area contributed by atoms with Crippen LogP contribution in [0.5, 0.6) is 0 Å². The van der Waals surface area contributed by atoms with Gasteiger partial charge in [-0.05, 0) is 38.7 Å². The van der Waals surface area contributed by atoms with Gasteiger partial charge in [0, 0.05) is 37.2 Å². The van der Waals surface area contributed by atoms with E-state index in [4.69, 9.17) is 15.6 Å². The Hall–Kier alpha value is -1.73. The quantitative estimate of drug-likeness (QED) is 0.833. The first-order valence-electron chi connectivity index (χ1n) is 8.86. The van der Waals surface area contributed by atoms with E-state index in [1.165, 1.54) is 24.2 Å². The van der Waals surface area contributed by atoms with E-state index in [0.29, 0.717) is 31.0 Å². The lowest BCUT2D eigenvalue weighted by Gasteiger charge is -2.31. The Labute approximate surface area is 142 Å². The van der Waals surface area contributed by atoms with Gasteiger partial charge in [0.05, 0.1) is 12.3 Å². The summed E-state index contributed by atoms with van der Waals surface area (Å²) in [7, 11) is 1.72. The van der Waals surface area contributed by atoms with Crippen molar-refractivity contribution in [3.63, 3.8) is 0 Å². The molecule has 0 aliphatic heterocycles. The lowest BCUT2D eigenvalue weighted by Crippen LogP contribution is -2.36. The predicted octanol–water partition coefficient (Wildman–Crippen LogP) is 1.56. The van der Waals surface area contributed by atoms with Crippen molar-refractivity contribution in [2.24, 2.45) is 5.73 Å². The van der Waals surface area contributed by atoms with Crippen molar-refractivity contribution in [1.29, 1.82) is 0 Å². The van der Waals surface area contributed by atoms with Crippen LogP contribution in [0.25, 0.3) is 0 Å². The number of aromatic nitrogens is 5. The van der Waals surface area contributed by atoms with Gasteiger partial charge < -0.3 is 15.0 Å². The maximum Gasteiger partial charge on any atom is 0.154 e. The van der Waals surface area contributed by atoms with Gasteiger partial charge in [-0.2, -0.15) is 5.10 Å². The van der Waals surface area contributed by atoms with Crippen LogP contribution in [0.1, 0.15) is 60.6 Å². The monoisotopic (exact) mass is 330 g/mol. The number of rotatable bonds is 7. The van der Waals surface area contributed by atoms with E-state index in [0.717, 1.165) is 31.0 Å². The van der Waals surface area contributed by atoms with Crippen molar-refractivity contribution in [3.05, 3.63) is 29.1 Å².